The fourth-order valence-corrected chi connectivity index (χ4v) is 3.42. The minimum Gasteiger partial charge on any atom is -0.457 e. The number of hydrogen-bond donors (Lipinski definition) is 0. The Labute approximate surface area is 194 Å². The van der Waals surface area contributed by atoms with Gasteiger partial charge in [0.05, 0.1) is 0 Å². The lowest BCUT2D eigenvalue weighted by atomic mass is 10.0. The molecule has 0 aromatic heterocycles. The molecular formula is C30H26O3. The number of carbonyl (C=O) groups is 1. The van der Waals surface area contributed by atoms with Crippen LogP contribution in [0.15, 0.2) is 104 Å². The fourth-order valence-electron chi connectivity index (χ4n) is 3.42. The van der Waals surface area contributed by atoms with Crippen molar-refractivity contribution in [2.75, 3.05) is 0 Å². The molecule has 0 atom stereocenters. The molecule has 0 aliphatic heterocycles. The third kappa shape index (κ3) is 5.98. The van der Waals surface area contributed by atoms with Crippen molar-refractivity contribution >= 4 is 11.4 Å². The molecule has 3 nitrogen and oxygen atoms in total. The molecule has 4 aromatic rings. The summed E-state index contributed by atoms with van der Waals surface area (Å²) >= 11 is 0. The molecule has 0 saturated carbocycles. The van der Waals surface area contributed by atoms with Crippen LogP contribution in [-0.2, 0) is 6.42 Å². The Morgan fingerprint density at radius 1 is 0.576 bits per heavy atom. The predicted octanol–water partition coefficient (Wildman–Crippen LogP) is 8.10. The van der Waals surface area contributed by atoms with E-state index >= 15 is 0 Å². The Morgan fingerprint density at radius 3 is 1.24 bits per heavy atom. The van der Waals surface area contributed by atoms with Crippen LogP contribution in [0.2, 0.25) is 0 Å². The van der Waals surface area contributed by atoms with Crippen LogP contribution in [-0.4, -0.2) is 5.78 Å². The van der Waals surface area contributed by atoms with E-state index in [0.717, 1.165) is 34.8 Å². The zero-order chi connectivity index (χ0) is 23.2. The number of benzene rings is 4. The van der Waals surface area contributed by atoms with Crippen LogP contribution < -0.4 is 9.47 Å². The highest BCUT2D eigenvalue weighted by atomic mass is 16.5. The summed E-state index contributed by atoms with van der Waals surface area (Å²) in [5, 5.41) is 0. The van der Waals surface area contributed by atoms with Gasteiger partial charge in [0.1, 0.15) is 23.0 Å². The highest BCUT2D eigenvalue weighted by Gasteiger charge is 2.04. The second kappa shape index (κ2) is 10.0. The van der Waals surface area contributed by atoms with Gasteiger partial charge >= 0.3 is 0 Å². The van der Waals surface area contributed by atoms with Crippen LogP contribution in [0.5, 0.6) is 23.0 Å². The summed E-state index contributed by atoms with van der Waals surface area (Å²) in [6.07, 6.45) is 0.821. The summed E-state index contributed by atoms with van der Waals surface area (Å²) in [6.45, 7) is 7.50. The van der Waals surface area contributed by atoms with Gasteiger partial charge in [0.25, 0.3) is 0 Å². The zero-order valence-corrected chi connectivity index (χ0v) is 18.9. The standard InChI is InChI=1S/C30H26O3/c1-21(2)25-8-16-29(17-9-25)32-27-12-4-23(5-13-27)20-24-6-14-28(15-7-24)33-30-18-10-26(11-19-30)22(3)31/h4-19H,1,20H2,2-3H3. The van der Waals surface area contributed by atoms with E-state index in [4.69, 9.17) is 9.47 Å². The summed E-state index contributed by atoms with van der Waals surface area (Å²) in [4.78, 5) is 11.4. The number of rotatable bonds is 8. The van der Waals surface area contributed by atoms with Gasteiger partial charge in [0.15, 0.2) is 5.78 Å². The summed E-state index contributed by atoms with van der Waals surface area (Å²) in [6, 6.07) is 31.3. The van der Waals surface area contributed by atoms with Crippen LogP contribution in [0.3, 0.4) is 0 Å². The Bertz CT molecular complexity index is 1130. The van der Waals surface area contributed by atoms with Crippen LogP contribution in [0.25, 0.3) is 5.57 Å². The van der Waals surface area contributed by atoms with Gasteiger partial charge in [0.2, 0.25) is 0 Å². The monoisotopic (exact) mass is 434 g/mol. The molecule has 0 saturated heterocycles. The number of carbonyl (C=O) groups excluding carboxylic acids is 1. The number of Topliss-reactive ketones (excluding diaryl/α,β-unsaturated/α-hetero) is 1. The van der Waals surface area contributed by atoms with E-state index in [2.05, 4.69) is 30.8 Å². The molecule has 0 N–H and O–H groups in total. The van der Waals surface area contributed by atoms with Crippen LogP contribution >= 0.6 is 0 Å². The topological polar surface area (TPSA) is 35.5 Å². The average molecular weight is 435 g/mol. The van der Waals surface area contributed by atoms with Crippen LogP contribution in [0.1, 0.15) is 40.9 Å². The van der Waals surface area contributed by atoms with Crippen LogP contribution in [0.4, 0.5) is 0 Å². The van der Waals surface area contributed by atoms with Gasteiger partial charge in [-0.1, -0.05) is 48.6 Å². The van der Waals surface area contributed by atoms with Crippen molar-refractivity contribution in [3.8, 4) is 23.0 Å². The minimum atomic E-state index is 0.0442. The summed E-state index contributed by atoms with van der Waals surface area (Å²) in [5.41, 5.74) is 5.22. The molecule has 0 radical (unpaired) electrons. The van der Waals surface area contributed by atoms with Gasteiger partial charge in [-0.3, -0.25) is 4.79 Å². The van der Waals surface area contributed by atoms with Crippen molar-refractivity contribution in [2.45, 2.75) is 20.3 Å². The van der Waals surface area contributed by atoms with Gasteiger partial charge in [-0.25, -0.2) is 0 Å². The van der Waals surface area contributed by atoms with E-state index in [1.807, 2.05) is 67.6 Å². The highest BCUT2D eigenvalue weighted by molar-refractivity contribution is 5.94. The first kappa shape index (κ1) is 22.1. The number of ketones is 1. The van der Waals surface area contributed by atoms with Gasteiger partial charge in [0, 0.05) is 5.56 Å². The molecule has 0 aliphatic rings. The van der Waals surface area contributed by atoms with Crippen molar-refractivity contribution in [1.29, 1.82) is 0 Å². The normalized spacial score (nSPS) is 10.5. The van der Waals surface area contributed by atoms with Crippen molar-refractivity contribution in [2.24, 2.45) is 0 Å². The summed E-state index contributed by atoms with van der Waals surface area (Å²) < 4.78 is 11.8. The molecule has 3 heteroatoms. The Morgan fingerprint density at radius 2 is 0.909 bits per heavy atom. The number of allylic oxidation sites excluding steroid dienone is 1. The van der Waals surface area contributed by atoms with Gasteiger partial charge in [-0.05, 0) is 97.6 Å². The first-order chi connectivity index (χ1) is 16.0. The molecule has 4 rings (SSSR count). The maximum absolute atomic E-state index is 11.4. The molecule has 0 aliphatic carbocycles. The van der Waals surface area contributed by atoms with E-state index in [1.54, 1.807) is 19.1 Å². The smallest absolute Gasteiger partial charge is 0.159 e. The molecule has 0 heterocycles. The molecular weight excluding hydrogens is 408 g/mol. The lowest BCUT2D eigenvalue weighted by Crippen LogP contribution is -1.92. The van der Waals surface area contributed by atoms with E-state index in [9.17, 15) is 4.79 Å². The second-order valence-electron chi connectivity index (χ2n) is 8.05. The minimum absolute atomic E-state index is 0.0442. The largest absolute Gasteiger partial charge is 0.457 e. The lowest BCUT2D eigenvalue weighted by Gasteiger charge is -2.09. The molecule has 33 heavy (non-hydrogen) atoms. The fraction of sp³-hybridized carbons (Fsp3) is 0.100. The predicted molar refractivity (Wildman–Crippen MR) is 133 cm³/mol. The zero-order valence-electron chi connectivity index (χ0n) is 18.9. The second-order valence-corrected chi connectivity index (χ2v) is 8.05. The molecule has 0 spiro atoms. The SMILES string of the molecule is C=C(C)c1ccc(Oc2ccc(Cc3ccc(Oc4ccc(C(C)=O)cc4)cc3)cc2)cc1. The third-order valence-corrected chi connectivity index (χ3v) is 5.33. The quantitative estimate of drug-likeness (QED) is 0.263. The maximum atomic E-state index is 11.4. The van der Waals surface area contributed by atoms with E-state index in [1.165, 1.54) is 11.1 Å². The van der Waals surface area contributed by atoms with Crippen molar-refractivity contribution in [3.05, 3.63) is 126 Å². The molecule has 0 bridgehead atoms. The van der Waals surface area contributed by atoms with Crippen molar-refractivity contribution in [1.82, 2.24) is 0 Å². The van der Waals surface area contributed by atoms with Gasteiger partial charge < -0.3 is 9.47 Å². The van der Waals surface area contributed by atoms with E-state index < -0.39 is 0 Å². The first-order valence-electron chi connectivity index (χ1n) is 10.9. The average Bonchev–Trinajstić information content (AvgIpc) is 2.82. The molecule has 0 amide bonds. The van der Waals surface area contributed by atoms with Crippen molar-refractivity contribution < 1.29 is 14.3 Å². The highest BCUT2D eigenvalue weighted by Crippen LogP contribution is 2.26. The first-order valence-corrected chi connectivity index (χ1v) is 10.9. The van der Waals surface area contributed by atoms with Gasteiger partial charge in [-0.15, -0.1) is 0 Å². The molecule has 4 aromatic carbocycles. The van der Waals surface area contributed by atoms with Crippen molar-refractivity contribution in [3.63, 3.8) is 0 Å². The molecule has 164 valence electrons. The Hall–Kier alpha value is -4.11. The van der Waals surface area contributed by atoms with E-state index in [-0.39, 0.29) is 5.78 Å². The summed E-state index contributed by atoms with van der Waals surface area (Å²) in [7, 11) is 0. The maximum Gasteiger partial charge on any atom is 0.159 e. The third-order valence-electron chi connectivity index (χ3n) is 5.33. The van der Waals surface area contributed by atoms with E-state index in [0.29, 0.717) is 11.3 Å². The molecule has 0 fully saturated rings. The molecule has 0 unspecified atom stereocenters. The number of hydrogen-bond acceptors (Lipinski definition) is 3. The number of ether oxygens (including phenoxy) is 2. The van der Waals surface area contributed by atoms with Gasteiger partial charge in [-0.2, -0.15) is 0 Å². The summed E-state index contributed by atoms with van der Waals surface area (Å²) in [5.74, 6) is 3.12. The Kier molecular flexibility index (Phi) is 6.70. The lowest BCUT2D eigenvalue weighted by molar-refractivity contribution is 0.101. The Balaban J connectivity index is 1.34. The van der Waals surface area contributed by atoms with Crippen LogP contribution in [0, 0.1) is 0 Å².